The number of hydrogen-bond acceptors (Lipinski definition) is 2. The third-order valence-corrected chi connectivity index (χ3v) is 9.28. The van der Waals surface area contributed by atoms with Crippen LogP contribution in [0.25, 0.3) is 66.1 Å². The quantitative estimate of drug-likeness (QED) is 0.185. The first-order chi connectivity index (χ1) is 23.8. The molecule has 0 bridgehead atoms. The van der Waals surface area contributed by atoms with Crippen molar-refractivity contribution >= 4 is 49.8 Å². The maximum absolute atomic E-state index is 6.39. The van der Waals surface area contributed by atoms with Crippen LogP contribution in [0.15, 0.2) is 192 Å². The number of nitrogens with zero attached hydrogens (tertiary/aromatic N) is 1. The zero-order chi connectivity index (χ0) is 31.9. The van der Waals surface area contributed by atoms with Crippen molar-refractivity contribution in [2.45, 2.75) is 0 Å². The number of benzene rings is 8. The van der Waals surface area contributed by atoms with E-state index in [1.807, 2.05) is 12.1 Å². The maximum atomic E-state index is 6.39. The highest BCUT2D eigenvalue weighted by atomic mass is 16.3. The van der Waals surface area contributed by atoms with Crippen molar-refractivity contribution < 1.29 is 4.42 Å². The van der Waals surface area contributed by atoms with Gasteiger partial charge in [0, 0.05) is 27.4 Å². The highest BCUT2D eigenvalue weighted by Gasteiger charge is 2.20. The summed E-state index contributed by atoms with van der Waals surface area (Å²) in [5, 5.41) is 4.57. The molecule has 226 valence electrons. The molecule has 0 atom stereocenters. The van der Waals surface area contributed by atoms with E-state index in [9.17, 15) is 0 Å². The lowest BCUT2D eigenvalue weighted by atomic mass is 9.97. The van der Waals surface area contributed by atoms with Gasteiger partial charge in [0.25, 0.3) is 0 Å². The zero-order valence-electron chi connectivity index (χ0n) is 26.3. The molecule has 9 rings (SSSR count). The van der Waals surface area contributed by atoms with Gasteiger partial charge in [0.15, 0.2) is 0 Å². The lowest BCUT2D eigenvalue weighted by molar-refractivity contribution is 0.669. The van der Waals surface area contributed by atoms with Crippen LogP contribution in [0, 0.1) is 0 Å². The molecule has 0 aliphatic carbocycles. The zero-order valence-corrected chi connectivity index (χ0v) is 26.3. The predicted molar refractivity (Wildman–Crippen MR) is 202 cm³/mol. The van der Waals surface area contributed by atoms with Gasteiger partial charge in [-0.1, -0.05) is 146 Å². The van der Waals surface area contributed by atoms with Gasteiger partial charge in [-0.2, -0.15) is 0 Å². The number of para-hydroxylation sites is 2. The molecular weight excluding hydrogens is 583 g/mol. The highest BCUT2D eigenvalue weighted by molar-refractivity contribution is 6.13. The summed E-state index contributed by atoms with van der Waals surface area (Å²) in [6.45, 7) is 0. The fraction of sp³-hybridized carbons (Fsp3) is 0. The van der Waals surface area contributed by atoms with Gasteiger partial charge in [-0.25, -0.2) is 0 Å². The normalized spacial score (nSPS) is 11.3. The van der Waals surface area contributed by atoms with E-state index in [2.05, 4.69) is 181 Å². The standard InChI is InChI=1S/C46H31NO/c1-3-12-32(13-4-1)34-22-24-36(25-23-34)39-17-7-9-19-43(39)47(38-28-26-35(27-29-38)33-14-5-2-6-15-33)44-20-11-16-37-30-42-40-18-8-10-21-45(40)48-46(42)31-41(37)44/h1-31H. The SMILES string of the molecule is c1ccc(-c2ccc(-c3ccccc3N(c3ccc(-c4ccccc4)cc3)c3cccc4cc5c(cc34)oc3ccccc35)cc2)cc1. The smallest absolute Gasteiger partial charge is 0.136 e. The minimum absolute atomic E-state index is 0.889. The number of hydrogen-bond donors (Lipinski definition) is 0. The molecule has 9 aromatic rings. The van der Waals surface area contributed by atoms with Gasteiger partial charge in [-0.3, -0.25) is 0 Å². The average Bonchev–Trinajstić information content (AvgIpc) is 3.53. The Kier molecular flexibility index (Phi) is 6.84. The molecule has 0 fully saturated rings. The van der Waals surface area contributed by atoms with Crippen LogP contribution in [0.5, 0.6) is 0 Å². The first-order valence-electron chi connectivity index (χ1n) is 16.3. The molecule has 0 N–H and O–H groups in total. The van der Waals surface area contributed by atoms with Gasteiger partial charge in [-0.15, -0.1) is 0 Å². The van der Waals surface area contributed by atoms with Crippen LogP contribution < -0.4 is 4.90 Å². The molecule has 0 saturated heterocycles. The fourth-order valence-corrected chi connectivity index (χ4v) is 6.90. The number of anilines is 3. The van der Waals surface area contributed by atoms with Crippen LogP contribution in [-0.4, -0.2) is 0 Å². The lowest BCUT2D eigenvalue weighted by Gasteiger charge is -2.29. The van der Waals surface area contributed by atoms with E-state index >= 15 is 0 Å². The molecule has 1 aromatic heterocycles. The third-order valence-electron chi connectivity index (χ3n) is 9.28. The predicted octanol–water partition coefficient (Wildman–Crippen LogP) is 13.2. The fourth-order valence-electron chi connectivity index (χ4n) is 6.90. The van der Waals surface area contributed by atoms with Crippen LogP contribution >= 0.6 is 0 Å². The second-order valence-corrected chi connectivity index (χ2v) is 12.2. The lowest BCUT2D eigenvalue weighted by Crippen LogP contribution is -2.11. The topological polar surface area (TPSA) is 16.4 Å². The van der Waals surface area contributed by atoms with E-state index in [0.717, 1.165) is 55.5 Å². The van der Waals surface area contributed by atoms with Crippen molar-refractivity contribution in [2.24, 2.45) is 0 Å². The summed E-state index contributed by atoms with van der Waals surface area (Å²) >= 11 is 0. The summed E-state index contributed by atoms with van der Waals surface area (Å²) < 4.78 is 6.39. The highest BCUT2D eigenvalue weighted by Crippen LogP contribution is 2.45. The molecule has 2 heteroatoms. The molecule has 0 amide bonds. The van der Waals surface area contributed by atoms with Crippen molar-refractivity contribution in [1.29, 1.82) is 0 Å². The van der Waals surface area contributed by atoms with Crippen molar-refractivity contribution in [3.63, 3.8) is 0 Å². The Hall–Kier alpha value is -6.38. The van der Waals surface area contributed by atoms with Gasteiger partial charge in [0.05, 0.1) is 11.4 Å². The summed E-state index contributed by atoms with van der Waals surface area (Å²) in [4.78, 5) is 2.39. The molecule has 0 radical (unpaired) electrons. The van der Waals surface area contributed by atoms with E-state index in [4.69, 9.17) is 4.42 Å². The number of furan rings is 1. The Balaban J connectivity index is 1.24. The number of rotatable bonds is 6. The van der Waals surface area contributed by atoms with E-state index < -0.39 is 0 Å². The number of fused-ring (bicyclic) bond motifs is 4. The monoisotopic (exact) mass is 613 g/mol. The molecular formula is C46H31NO. The Morgan fingerprint density at radius 3 is 1.62 bits per heavy atom. The van der Waals surface area contributed by atoms with Gasteiger partial charge in [0.2, 0.25) is 0 Å². The molecule has 8 aromatic carbocycles. The molecule has 2 nitrogen and oxygen atoms in total. The van der Waals surface area contributed by atoms with Gasteiger partial charge in [-0.05, 0) is 75.7 Å². The summed E-state index contributed by atoms with van der Waals surface area (Å²) in [6, 6.07) is 66.9. The van der Waals surface area contributed by atoms with Crippen molar-refractivity contribution in [2.75, 3.05) is 4.90 Å². The van der Waals surface area contributed by atoms with Crippen LogP contribution in [0.1, 0.15) is 0 Å². The van der Waals surface area contributed by atoms with E-state index in [1.165, 1.54) is 27.6 Å². The van der Waals surface area contributed by atoms with Crippen LogP contribution in [-0.2, 0) is 0 Å². The van der Waals surface area contributed by atoms with Gasteiger partial charge >= 0.3 is 0 Å². The van der Waals surface area contributed by atoms with Crippen molar-refractivity contribution in [3.8, 4) is 33.4 Å². The Bertz CT molecular complexity index is 2530. The maximum Gasteiger partial charge on any atom is 0.136 e. The minimum Gasteiger partial charge on any atom is -0.456 e. The van der Waals surface area contributed by atoms with Crippen LogP contribution in [0.4, 0.5) is 17.1 Å². The van der Waals surface area contributed by atoms with Crippen molar-refractivity contribution in [1.82, 2.24) is 0 Å². The van der Waals surface area contributed by atoms with E-state index in [1.54, 1.807) is 0 Å². The second kappa shape index (κ2) is 11.8. The largest absolute Gasteiger partial charge is 0.456 e. The summed E-state index contributed by atoms with van der Waals surface area (Å²) in [7, 11) is 0. The molecule has 0 aliphatic rings. The van der Waals surface area contributed by atoms with Crippen LogP contribution in [0.3, 0.4) is 0 Å². The molecule has 0 saturated carbocycles. The molecule has 0 aliphatic heterocycles. The van der Waals surface area contributed by atoms with E-state index in [0.29, 0.717) is 0 Å². The third kappa shape index (κ3) is 4.92. The average molecular weight is 614 g/mol. The Morgan fingerprint density at radius 2 is 0.896 bits per heavy atom. The molecule has 0 unspecified atom stereocenters. The summed E-state index contributed by atoms with van der Waals surface area (Å²) in [5.41, 5.74) is 12.2. The summed E-state index contributed by atoms with van der Waals surface area (Å²) in [5.74, 6) is 0. The first-order valence-corrected chi connectivity index (χ1v) is 16.3. The van der Waals surface area contributed by atoms with Gasteiger partial charge in [0.1, 0.15) is 11.2 Å². The summed E-state index contributed by atoms with van der Waals surface area (Å²) in [6.07, 6.45) is 0. The van der Waals surface area contributed by atoms with E-state index in [-0.39, 0.29) is 0 Å². The second-order valence-electron chi connectivity index (χ2n) is 12.2. The van der Waals surface area contributed by atoms with Crippen molar-refractivity contribution in [3.05, 3.63) is 188 Å². The molecule has 48 heavy (non-hydrogen) atoms. The van der Waals surface area contributed by atoms with Gasteiger partial charge < -0.3 is 9.32 Å². The molecule has 1 heterocycles. The first kappa shape index (κ1) is 27.9. The minimum atomic E-state index is 0.889. The Labute approximate surface area is 279 Å². The van der Waals surface area contributed by atoms with Crippen LogP contribution in [0.2, 0.25) is 0 Å². The Morgan fingerprint density at radius 1 is 0.333 bits per heavy atom. The molecule has 0 spiro atoms.